The lowest BCUT2D eigenvalue weighted by Crippen LogP contribution is -2.35. The molecule has 1 atom stereocenters. The van der Waals surface area contributed by atoms with Crippen LogP contribution >= 0.6 is 0 Å². The molecule has 0 spiro atoms. The highest BCUT2D eigenvalue weighted by Crippen LogP contribution is 2.35. The van der Waals surface area contributed by atoms with Gasteiger partial charge < -0.3 is 19.5 Å². The van der Waals surface area contributed by atoms with E-state index in [1.807, 2.05) is 0 Å². The van der Waals surface area contributed by atoms with Crippen molar-refractivity contribution in [3.8, 4) is 0 Å². The average molecular weight is 463 g/mol. The molecular formula is C26H30N4O2S. The zero-order valence-electron chi connectivity index (χ0n) is 18.8. The van der Waals surface area contributed by atoms with Crippen LogP contribution in [0.3, 0.4) is 0 Å². The number of anilines is 2. The maximum Gasteiger partial charge on any atom is 0.227 e. The quantitative estimate of drug-likeness (QED) is 0.584. The first-order valence-corrected chi connectivity index (χ1v) is 13.4. The molecular weight excluding hydrogens is 432 g/mol. The fraction of sp³-hybridized carbons (Fsp3) is 0.462. The number of aromatic nitrogens is 2. The lowest BCUT2D eigenvalue weighted by atomic mass is 9.88. The Kier molecular flexibility index (Phi) is 5.86. The van der Waals surface area contributed by atoms with Crippen molar-refractivity contribution < 1.29 is 9.29 Å². The highest BCUT2D eigenvalue weighted by atomic mass is 32.2. The molecule has 0 saturated carbocycles. The van der Waals surface area contributed by atoms with Crippen molar-refractivity contribution in [2.45, 2.75) is 49.0 Å². The van der Waals surface area contributed by atoms with Gasteiger partial charge in [0, 0.05) is 38.8 Å². The molecule has 1 N–H and O–H groups in total. The highest BCUT2D eigenvalue weighted by molar-refractivity contribution is 7.91. The molecule has 1 aromatic heterocycles. The van der Waals surface area contributed by atoms with Crippen LogP contribution in [0.15, 0.2) is 47.4 Å². The van der Waals surface area contributed by atoms with Crippen LogP contribution < -0.4 is 10.2 Å². The standard InChI is InChI=1S/C26H30N4O2S/c31-33-16-11-23-24(33)25(27-22-9-14-32-15-10-22)29-26(28-23)30-12-7-19(8-13-30)21-6-5-18-3-1-2-4-20(18)17-21/h1-6,17,19,22H,7-16H2,(H,27,28,29). The number of benzene rings is 2. The van der Waals surface area contributed by atoms with Gasteiger partial charge in [0.25, 0.3) is 0 Å². The molecule has 3 aliphatic rings. The van der Waals surface area contributed by atoms with Crippen LogP contribution in [-0.4, -0.2) is 52.6 Å². The van der Waals surface area contributed by atoms with Crippen LogP contribution in [0.1, 0.15) is 42.9 Å². The number of hydrogen-bond donors (Lipinski definition) is 1. The Hall–Kier alpha value is -2.35. The second-order valence-electron chi connectivity index (χ2n) is 9.35. The van der Waals surface area contributed by atoms with Crippen LogP contribution in [0.25, 0.3) is 10.8 Å². The van der Waals surface area contributed by atoms with Gasteiger partial charge in [0.1, 0.15) is 11.4 Å². The summed E-state index contributed by atoms with van der Waals surface area (Å²) in [5.74, 6) is 2.79. The van der Waals surface area contributed by atoms with Gasteiger partial charge in [-0.15, -0.1) is 0 Å². The van der Waals surface area contributed by atoms with E-state index in [0.717, 1.165) is 80.8 Å². The molecule has 6 rings (SSSR count). The van der Waals surface area contributed by atoms with Gasteiger partial charge >= 0.3 is 0 Å². The summed E-state index contributed by atoms with van der Waals surface area (Å²) in [5, 5.41) is 6.21. The molecule has 2 fully saturated rings. The van der Waals surface area contributed by atoms with Gasteiger partial charge in [-0.05, 0) is 59.1 Å². The largest absolute Gasteiger partial charge is 0.611 e. The predicted octanol–water partition coefficient (Wildman–Crippen LogP) is 4.27. The van der Waals surface area contributed by atoms with E-state index in [-0.39, 0.29) is 0 Å². The number of ether oxygens (including phenoxy) is 1. The molecule has 0 bridgehead atoms. The van der Waals surface area contributed by atoms with Crippen LogP contribution in [0.4, 0.5) is 11.8 Å². The van der Waals surface area contributed by atoms with Crippen molar-refractivity contribution in [3.05, 3.63) is 53.7 Å². The lowest BCUT2D eigenvalue weighted by molar-refractivity contribution is 0.0903. The summed E-state index contributed by atoms with van der Waals surface area (Å²) in [6.07, 6.45) is 4.87. The van der Waals surface area contributed by atoms with Crippen molar-refractivity contribution in [1.82, 2.24) is 9.97 Å². The van der Waals surface area contributed by atoms with E-state index in [2.05, 4.69) is 52.7 Å². The highest BCUT2D eigenvalue weighted by Gasteiger charge is 2.34. The molecule has 33 heavy (non-hydrogen) atoms. The third-order valence-electron chi connectivity index (χ3n) is 7.26. The summed E-state index contributed by atoms with van der Waals surface area (Å²) in [6.45, 7) is 3.42. The predicted molar refractivity (Wildman–Crippen MR) is 133 cm³/mol. The molecule has 0 radical (unpaired) electrons. The van der Waals surface area contributed by atoms with Crippen LogP contribution in [0.5, 0.6) is 0 Å². The van der Waals surface area contributed by atoms with Gasteiger partial charge in [-0.3, -0.25) is 0 Å². The minimum Gasteiger partial charge on any atom is -0.611 e. The topological polar surface area (TPSA) is 73.3 Å². The Morgan fingerprint density at radius 2 is 1.76 bits per heavy atom. The second-order valence-corrected chi connectivity index (χ2v) is 10.9. The fourth-order valence-electron chi connectivity index (χ4n) is 5.33. The van der Waals surface area contributed by atoms with E-state index in [9.17, 15) is 4.55 Å². The maximum absolute atomic E-state index is 12.7. The zero-order valence-corrected chi connectivity index (χ0v) is 19.7. The second kappa shape index (κ2) is 9.12. The lowest BCUT2D eigenvalue weighted by Gasteiger charge is -2.33. The molecule has 4 heterocycles. The van der Waals surface area contributed by atoms with Gasteiger partial charge in [0.2, 0.25) is 10.8 Å². The molecule has 0 aliphatic carbocycles. The number of nitrogens with zero attached hydrogens (tertiary/aromatic N) is 3. The van der Waals surface area contributed by atoms with Crippen molar-refractivity contribution >= 4 is 33.7 Å². The summed E-state index contributed by atoms with van der Waals surface area (Å²) in [7, 11) is 0. The van der Waals surface area contributed by atoms with Gasteiger partial charge in [0.15, 0.2) is 5.82 Å². The summed E-state index contributed by atoms with van der Waals surface area (Å²) < 4.78 is 18.2. The number of hydrogen-bond acceptors (Lipinski definition) is 6. The Bertz CT molecular complexity index is 1140. The fourth-order valence-corrected chi connectivity index (χ4v) is 6.65. The minimum atomic E-state index is -1.01. The Morgan fingerprint density at radius 3 is 2.58 bits per heavy atom. The first-order chi connectivity index (χ1) is 16.2. The van der Waals surface area contributed by atoms with Gasteiger partial charge in [0.05, 0.1) is 0 Å². The molecule has 2 saturated heterocycles. The summed E-state index contributed by atoms with van der Waals surface area (Å²) in [5.41, 5.74) is 2.39. The number of rotatable bonds is 4. The third-order valence-corrected chi connectivity index (χ3v) is 8.72. The van der Waals surface area contributed by atoms with Crippen LogP contribution in [-0.2, 0) is 22.3 Å². The van der Waals surface area contributed by atoms with E-state index >= 15 is 0 Å². The minimum absolute atomic E-state index is 0.321. The van der Waals surface area contributed by atoms with E-state index in [4.69, 9.17) is 14.7 Å². The van der Waals surface area contributed by atoms with Crippen LogP contribution in [0, 0.1) is 0 Å². The van der Waals surface area contributed by atoms with Crippen molar-refractivity contribution in [2.75, 3.05) is 42.3 Å². The monoisotopic (exact) mass is 462 g/mol. The van der Waals surface area contributed by atoms with Crippen molar-refractivity contribution in [3.63, 3.8) is 0 Å². The molecule has 6 nitrogen and oxygen atoms in total. The number of nitrogens with one attached hydrogen (secondary N) is 1. The molecule has 172 valence electrons. The first-order valence-electron chi connectivity index (χ1n) is 12.1. The molecule has 3 aliphatic heterocycles. The van der Waals surface area contributed by atoms with Crippen LogP contribution in [0.2, 0.25) is 0 Å². The zero-order chi connectivity index (χ0) is 22.2. The molecule has 0 amide bonds. The Morgan fingerprint density at radius 1 is 0.970 bits per heavy atom. The maximum atomic E-state index is 12.7. The van der Waals surface area contributed by atoms with E-state index in [1.165, 1.54) is 16.3 Å². The first kappa shape index (κ1) is 21.2. The number of piperidine rings is 1. The summed E-state index contributed by atoms with van der Waals surface area (Å²) in [4.78, 5) is 12.9. The van der Waals surface area contributed by atoms with Gasteiger partial charge in [-0.1, -0.05) is 42.5 Å². The third kappa shape index (κ3) is 4.29. The number of fused-ring (bicyclic) bond motifs is 2. The molecule has 2 aromatic carbocycles. The molecule has 3 aromatic rings. The van der Waals surface area contributed by atoms with E-state index in [0.29, 0.717) is 17.7 Å². The van der Waals surface area contributed by atoms with Crippen molar-refractivity contribution in [1.29, 1.82) is 0 Å². The SMILES string of the molecule is [O-][S+]1CCc2nc(N3CCC(c4ccc5ccccc5c4)CC3)nc(NC3CCOCC3)c21. The average Bonchev–Trinajstić information content (AvgIpc) is 3.25. The number of aryl methyl sites for hydroxylation is 1. The molecule has 1 unspecified atom stereocenters. The van der Waals surface area contributed by atoms with Gasteiger partial charge in [-0.2, -0.15) is 4.98 Å². The van der Waals surface area contributed by atoms with Crippen molar-refractivity contribution in [2.24, 2.45) is 0 Å². The Labute approximate surface area is 197 Å². The summed E-state index contributed by atoms with van der Waals surface area (Å²) >= 11 is -1.01. The smallest absolute Gasteiger partial charge is 0.227 e. The van der Waals surface area contributed by atoms with Gasteiger partial charge in [-0.25, -0.2) is 4.98 Å². The summed E-state index contributed by atoms with van der Waals surface area (Å²) in [6, 6.07) is 15.8. The Balaban J connectivity index is 1.20. The van der Waals surface area contributed by atoms with E-state index < -0.39 is 11.2 Å². The van der Waals surface area contributed by atoms with E-state index in [1.54, 1.807) is 0 Å². The molecule has 7 heteroatoms. The normalized spacial score (nSPS) is 22.0.